The number of benzene rings is 1. The van der Waals surface area contributed by atoms with Crippen LogP contribution in [-0.2, 0) is 9.53 Å². The first-order valence-corrected chi connectivity index (χ1v) is 11.3. The number of nitrogens with one attached hydrogen (secondary N) is 1. The van der Waals surface area contributed by atoms with Crippen LogP contribution in [0.15, 0.2) is 43.0 Å². The van der Waals surface area contributed by atoms with Crippen LogP contribution in [0.25, 0.3) is 22.3 Å². The summed E-state index contributed by atoms with van der Waals surface area (Å²) in [5, 5.41) is 20.3. The van der Waals surface area contributed by atoms with E-state index in [1.807, 2.05) is 23.1 Å². The van der Waals surface area contributed by atoms with Crippen LogP contribution in [0.3, 0.4) is 0 Å². The van der Waals surface area contributed by atoms with Crippen LogP contribution in [0, 0.1) is 5.92 Å². The third-order valence-corrected chi connectivity index (χ3v) is 7.51. The van der Waals surface area contributed by atoms with Gasteiger partial charge in [0.25, 0.3) is 0 Å². The van der Waals surface area contributed by atoms with E-state index in [2.05, 4.69) is 21.8 Å². The smallest absolute Gasteiger partial charge is 0.246 e. The molecule has 2 N–H and O–H groups in total. The first-order valence-electron chi connectivity index (χ1n) is 11.3. The zero-order chi connectivity index (χ0) is 21.8. The van der Waals surface area contributed by atoms with Gasteiger partial charge in [-0.3, -0.25) is 4.79 Å². The molecular weight excluding hydrogens is 404 g/mol. The number of aromatic amines is 1. The quantitative estimate of drug-likeness (QED) is 0.616. The molecule has 0 bridgehead atoms. The van der Waals surface area contributed by atoms with E-state index < -0.39 is 0 Å². The molecule has 32 heavy (non-hydrogen) atoms. The summed E-state index contributed by atoms with van der Waals surface area (Å²) in [6.07, 6.45) is 4.56. The molecule has 0 radical (unpaired) electrons. The number of hydrogen-bond acceptors (Lipinski definition) is 5. The fourth-order valence-electron chi connectivity index (χ4n) is 5.99. The number of ether oxygens (including phenoxy) is 1. The molecule has 1 aromatic carbocycles. The van der Waals surface area contributed by atoms with E-state index in [-0.39, 0.29) is 29.5 Å². The van der Waals surface area contributed by atoms with Crippen LogP contribution < -0.4 is 0 Å². The molecular formula is C25H26N4O3. The molecule has 3 aliphatic rings. The third kappa shape index (κ3) is 2.88. The molecule has 2 aliphatic heterocycles. The van der Waals surface area contributed by atoms with Gasteiger partial charge in [0.1, 0.15) is 5.75 Å². The molecule has 6 rings (SSSR count). The molecule has 3 fully saturated rings. The van der Waals surface area contributed by atoms with E-state index >= 15 is 0 Å². The molecule has 2 saturated heterocycles. The summed E-state index contributed by atoms with van der Waals surface area (Å²) >= 11 is 0. The summed E-state index contributed by atoms with van der Waals surface area (Å²) in [7, 11) is 0. The summed E-state index contributed by atoms with van der Waals surface area (Å²) in [5.74, 6) is 1.28. The Labute approximate surface area is 186 Å². The van der Waals surface area contributed by atoms with Gasteiger partial charge in [0.2, 0.25) is 5.91 Å². The van der Waals surface area contributed by atoms with E-state index in [0.717, 1.165) is 43.4 Å². The van der Waals surface area contributed by atoms with Crippen molar-refractivity contribution in [3.8, 4) is 17.0 Å². The highest BCUT2D eigenvalue weighted by Crippen LogP contribution is 2.51. The molecule has 0 spiro atoms. The number of phenolic OH excluding ortho intramolecular Hbond substituents is 1. The molecule has 1 amide bonds. The first-order chi connectivity index (χ1) is 15.7. The SMILES string of the molecule is C=CC(=O)N1C[C@H]2CC[C@@H](c3[nH]c4nnc(-c5ccccc5O)cc4c3[C@H]3CCOC3)[C@H]21. The maximum atomic E-state index is 12.4. The predicted molar refractivity (Wildman–Crippen MR) is 120 cm³/mol. The van der Waals surface area contributed by atoms with Crippen molar-refractivity contribution in [2.75, 3.05) is 19.8 Å². The number of aromatic nitrogens is 3. The minimum Gasteiger partial charge on any atom is -0.507 e. The second-order valence-electron chi connectivity index (χ2n) is 9.15. The standard InChI is InChI=1S/C25H26N4O3/c1-2-21(31)29-12-14-7-8-17(24(14)29)23-22(15-9-10-32-13-15)18-11-19(27-28-25(18)26-23)16-5-3-4-6-20(16)30/h2-6,11,14-15,17,24,30H,1,7-10,12-13H2,(H,26,28)/t14-,15+,17+,24+/m1/s1. The summed E-state index contributed by atoms with van der Waals surface area (Å²) in [6, 6.07) is 9.44. The summed E-state index contributed by atoms with van der Waals surface area (Å²) < 4.78 is 5.75. The van der Waals surface area contributed by atoms with Crippen molar-refractivity contribution >= 4 is 16.9 Å². The molecule has 4 heterocycles. The van der Waals surface area contributed by atoms with Gasteiger partial charge in [-0.15, -0.1) is 10.2 Å². The van der Waals surface area contributed by atoms with Gasteiger partial charge in [0, 0.05) is 47.7 Å². The Balaban J connectivity index is 1.48. The molecule has 1 aliphatic carbocycles. The van der Waals surface area contributed by atoms with Crippen LogP contribution in [0.2, 0.25) is 0 Å². The number of carbonyl (C=O) groups excluding carboxylic acids is 1. The third-order valence-electron chi connectivity index (χ3n) is 7.51. The Morgan fingerprint density at radius 3 is 2.91 bits per heavy atom. The number of amides is 1. The fourth-order valence-corrected chi connectivity index (χ4v) is 5.99. The lowest BCUT2D eigenvalue weighted by atomic mass is 9.82. The number of carbonyl (C=O) groups is 1. The summed E-state index contributed by atoms with van der Waals surface area (Å²) in [5.41, 5.74) is 4.49. The Kier molecular flexibility index (Phi) is 4.54. The van der Waals surface area contributed by atoms with Crippen molar-refractivity contribution in [3.05, 3.63) is 54.2 Å². The van der Waals surface area contributed by atoms with E-state index in [0.29, 0.717) is 23.8 Å². The van der Waals surface area contributed by atoms with Gasteiger partial charge in [0.15, 0.2) is 5.65 Å². The zero-order valence-electron chi connectivity index (χ0n) is 17.8. The lowest BCUT2D eigenvalue weighted by molar-refractivity contribution is -0.137. The van der Waals surface area contributed by atoms with Gasteiger partial charge in [0.05, 0.1) is 12.3 Å². The maximum absolute atomic E-state index is 12.4. The second kappa shape index (κ2) is 7.45. The highest BCUT2D eigenvalue weighted by Gasteiger charge is 2.51. The van der Waals surface area contributed by atoms with Crippen LogP contribution >= 0.6 is 0 Å². The zero-order valence-corrected chi connectivity index (χ0v) is 17.8. The molecule has 2 aromatic heterocycles. The number of H-pyrrole nitrogens is 1. The fraction of sp³-hybridized carbons (Fsp3) is 0.400. The number of aromatic hydroxyl groups is 1. The summed E-state index contributed by atoms with van der Waals surface area (Å²) in [4.78, 5) is 17.9. The minimum absolute atomic E-state index is 0.0154. The molecule has 3 aromatic rings. The Hall–Kier alpha value is -3.19. The lowest BCUT2D eigenvalue weighted by Crippen LogP contribution is -2.57. The van der Waals surface area contributed by atoms with E-state index in [4.69, 9.17) is 4.74 Å². The minimum atomic E-state index is 0.0154. The van der Waals surface area contributed by atoms with Crippen molar-refractivity contribution in [1.82, 2.24) is 20.1 Å². The second-order valence-corrected chi connectivity index (χ2v) is 9.15. The number of hydrogen-bond donors (Lipinski definition) is 2. The van der Waals surface area contributed by atoms with Gasteiger partial charge in [-0.2, -0.15) is 0 Å². The average molecular weight is 431 g/mol. The van der Waals surface area contributed by atoms with Crippen molar-refractivity contribution < 1.29 is 14.6 Å². The molecule has 7 heteroatoms. The molecule has 1 saturated carbocycles. The van der Waals surface area contributed by atoms with Crippen LogP contribution in [-0.4, -0.2) is 56.9 Å². The Morgan fingerprint density at radius 2 is 2.12 bits per heavy atom. The van der Waals surface area contributed by atoms with Gasteiger partial charge in [-0.25, -0.2) is 0 Å². The number of phenols is 1. The van der Waals surface area contributed by atoms with Crippen molar-refractivity contribution in [3.63, 3.8) is 0 Å². The van der Waals surface area contributed by atoms with Crippen LogP contribution in [0.4, 0.5) is 0 Å². The largest absolute Gasteiger partial charge is 0.507 e. The van der Waals surface area contributed by atoms with E-state index in [9.17, 15) is 9.90 Å². The number of para-hydroxylation sites is 1. The monoisotopic (exact) mass is 430 g/mol. The molecule has 7 nitrogen and oxygen atoms in total. The van der Waals surface area contributed by atoms with Gasteiger partial charge >= 0.3 is 0 Å². The maximum Gasteiger partial charge on any atom is 0.246 e. The highest BCUT2D eigenvalue weighted by molar-refractivity contribution is 5.89. The number of fused-ring (bicyclic) bond motifs is 2. The van der Waals surface area contributed by atoms with Gasteiger partial charge in [-0.05, 0) is 55.0 Å². The lowest BCUT2D eigenvalue weighted by Gasteiger charge is -2.46. The first kappa shape index (κ1) is 19.5. The number of likely N-dealkylation sites (tertiary alicyclic amines) is 1. The van der Waals surface area contributed by atoms with Crippen molar-refractivity contribution in [2.45, 2.75) is 37.1 Å². The summed E-state index contributed by atoms with van der Waals surface area (Å²) in [6.45, 7) is 5.94. The van der Waals surface area contributed by atoms with Gasteiger partial charge in [-0.1, -0.05) is 18.7 Å². The highest BCUT2D eigenvalue weighted by atomic mass is 16.5. The topological polar surface area (TPSA) is 91.3 Å². The van der Waals surface area contributed by atoms with E-state index in [1.165, 1.54) is 17.3 Å². The van der Waals surface area contributed by atoms with Gasteiger partial charge < -0.3 is 19.7 Å². The molecule has 4 atom stereocenters. The van der Waals surface area contributed by atoms with Crippen LogP contribution in [0.5, 0.6) is 5.75 Å². The van der Waals surface area contributed by atoms with Crippen molar-refractivity contribution in [1.29, 1.82) is 0 Å². The molecule has 0 unspecified atom stereocenters. The number of rotatable bonds is 4. The van der Waals surface area contributed by atoms with Crippen molar-refractivity contribution in [2.24, 2.45) is 5.92 Å². The van der Waals surface area contributed by atoms with E-state index in [1.54, 1.807) is 12.1 Å². The molecule has 164 valence electrons. The van der Waals surface area contributed by atoms with Crippen LogP contribution in [0.1, 0.15) is 42.4 Å². The average Bonchev–Trinajstić information content (AvgIpc) is 3.51. The normalized spacial score (nSPS) is 26.8. The Morgan fingerprint density at radius 1 is 1.25 bits per heavy atom. The number of nitrogens with zero attached hydrogens (tertiary/aromatic N) is 3. The predicted octanol–water partition coefficient (Wildman–Crippen LogP) is 3.72. The Bertz CT molecular complexity index is 1210.